The number of likely N-dealkylation sites (tertiary alicyclic amines) is 1. The monoisotopic (exact) mass is 286 g/mol. The topological polar surface area (TPSA) is 67.9 Å². The first-order valence-electron chi connectivity index (χ1n) is 7.10. The van der Waals surface area contributed by atoms with Crippen LogP contribution in [0.1, 0.15) is 33.6 Å². The minimum Gasteiger partial charge on any atom is -0.453 e. The minimum atomic E-state index is -0.716. The average molecular weight is 286 g/mol. The van der Waals surface area contributed by atoms with E-state index in [0.717, 1.165) is 19.4 Å². The van der Waals surface area contributed by atoms with E-state index >= 15 is 0 Å². The lowest BCUT2D eigenvalue weighted by molar-refractivity contribution is -0.138. The van der Waals surface area contributed by atoms with E-state index in [1.54, 1.807) is 6.92 Å². The van der Waals surface area contributed by atoms with Crippen molar-refractivity contribution in [2.45, 2.75) is 51.8 Å². The minimum absolute atomic E-state index is 0.0963. The van der Waals surface area contributed by atoms with Gasteiger partial charge in [0.2, 0.25) is 5.91 Å². The summed E-state index contributed by atoms with van der Waals surface area (Å²) in [6.07, 6.45) is 0.985. The molecular weight excluding hydrogens is 260 g/mol. The molecule has 116 valence electrons. The molecule has 0 aromatic rings. The third kappa shape index (κ3) is 3.85. The van der Waals surface area contributed by atoms with E-state index in [2.05, 4.69) is 23.9 Å². The summed E-state index contributed by atoms with van der Waals surface area (Å²) in [6.45, 7) is 6.72. The van der Waals surface area contributed by atoms with Crippen molar-refractivity contribution >= 4 is 12.0 Å². The Bertz CT molecular complexity index is 346. The van der Waals surface area contributed by atoms with Crippen molar-refractivity contribution in [1.29, 1.82) is 0 Å². The Morgan fingerprint density at radius 2 is 1.90 bits per heavy atom. The quantitative estimate of drug-likeness (QED) is 0.829. The molecule has 1 N–H and O–H groups in total. The highest BCUT2D eigenvalue weighted by Crippen LogP contribution is 2.25. The number of methoxy groups -OCH3 is 2. The summed E-state index contributed by atoms with van der Waals surface area (Å²) >= 11 is 0. The Kier molecular flexibility index (Phi) is 6.26. The summed E-state index contributed by atoms with van der Waals surface area (Å²) in [7, 11) is 2.80. The van der Waals surface area contributed by atoms with Crippen LogP contribution in [-0.2, 0) is 14.3 Å². The molecule has 3 atom stereocenters. The zero-order chi connectivity index (χ0) is 15.3. The number of hydrogen-bond donors (Lipinski definition) is 1. The van der Waals surface area contributed by atoms with Gasteiger partial charge in [-0.2, -0.15) is 0 Å². The molecule has 1 aliphatic rings. The van der Waals surface area contributed by atoms with Crippen LogP contribution < -0.4 is 5.32 Å². The maximum Gasteiger partial charge on any atom is 0.407 e. The van der Waals surface area contributed by atoms with Gasteiger partial charge in [-0.15, -0.1) is 0 Å². The fourth-order valence-corrected chi connectivity index (χ4v) is 2.64. The number of carbonyl (C=O) groups excluding carboxylic acids is 2. The summed E-state index contributed by atoms with van der Waals surface area (Å²) < 4.78 is 9.80. The van der Waals surface area contributed by atoms with E-state index in [-0.39, 0.29) is 11.9 Å². The molecule has 1 fully saturated rings. The molecule has 1 saturated heterocycles. The van der Waals surface area contributed by atoms with Gasteiger partial charge in [0.1, 0.15) is 6.04 Å². The fraction of sp³-hybridized carbons (Fsp3) is 0.857. The van der Waals surface area contributed by atoms with Crippen LogP contribution in [0.25, 0.3) is 0 Å². The van der Waals surface area contributed by atoms with E-state index in [1.165, 1.54) is 14.2 Å². The van der Waals surface area contributed by atoms with Crippen LogP contribution >= 0.6 is 0 Å². The first-order chi connectivity index (χ1) is 9.42. The molecule has 0 spiro atoms. The molecule has 20 heavy (non-hydrogen) atoms. The predicted molar refractivity (Wildman–Crippen MR) is 75.4 cm³/mol. The third-order valence-corrected chi connectivity index (χ3v) is 3.92. The molecule has 1 heterocycles. The van der Waals surface area contributed by atoms with Gasteiger partial charge in [0.15, 0.2) is 0 Å². The highest BCUT2D eigenvalue weighted by Gasteiger charge is 2.37. The van der Waals surface area contributed by atoms with E-state index in [1.807, 2.05) is 4.90 Å². The van der Waals surface area contributed by atoms with Gasteiger partial charge >= 0.3 is 6.09 Å². The van der Waals surface area contributed by atoms with Gasteiger partial charge in [-0.25, -0.2) is 4.79 Å². The summed E-state index contributed by atoms with van der Waals surface area (Å²) in [5.74, 6) is 0.305. The fourth-order valence-electron chi connectivity index (χ4n) is 2.64. The van der Waals surface area contributed by atoms with Crippen molar-refractivity contribution in [1.82, 2.24) is 10.2 Å². The van der Waals surface area contributed by atoms with Crippen LogP contribution in [0.4, 0.5) is 4.79 Å². The largest absolute Gasteiger partial charge is 0.453 e. The van der Waals surface area contributed by atoms with Gasteiger partial charge < -0.3 is 19.7 Å². The normalized spacial score (nSPS) is 21.7. The Balaban J connectivity index is 2.84. The number of hydrogen-bond acceptors (Lipinski definition) is 4. The highest BCUT2D eigenvalue weighted by atomic mass is 16.5. The van der Waals surface area contributed by atoms with Crippen molar-refractivity contribution in [3.05, 3.63) is 0 Å². The molecule has 1 rings (SSSR count). The van der Waals surface area contributed by atoms with Gasteiger partial charge in [-0.3, -0.25) is 4.79 Å². The molecule has 0 aromatic carbocycles. The Morgan fingerprint density at radius 3 is 2.40 bits per heavy atom. The van der Waals surface area contributed by atoms with Crippen molar-refractivity contribution < 1.29 is 19.1 Å². The average Bonchev–Trinajstić information content (AvgIpc) is 2.92. The maximum atomic E-state index is 12.7. The SMILES string of the molecule is COC(=O)N[C@H](C(=O)N1CCC[C@H]1C(C)C)[C@@H](C)OC. The van der Waals surface area contributed by atoms with Gasteiger partial charge in [-0.1, -0.05) is 13.8 Å². The number of amides is 2. The number of nitrogens with zero attached hydrogens (tertiary/aromatic N) is 1. The smallest absolute Gasteiger partial charge is 0.407 e. The molecule has 6 nitrogen and oxygen atoms in total. The second-order valence-corrected chi connectivity index (χ2v) is 5.54. The van der Waals surface area contributed by atoms with Crippen molar-refractivity contribution in [2.75, 3.05) is 20.8 Å². The molecule has 0 aliphatic carbocycles. The molecule has 0 aromatic heterocycles. The summed E-state index contributed by atoms with van der Waals surface area (Å²) in [4.78, 5) is 26.0. The van der Waals surface area contributed by atoms with Crippen LogP contribution in [0.5, 0.6) is 0 Å². The van der Waals surface area contributed by atoms with E-state index in [4.69, 9.17) is 4.74 Å². The Labute approximate surface area is 120 Å². The van der Waals surface area contributed by atoms with Crippen LogP contribution in [0.2, 0.25) is 0 Å². The lowest BCUT2D eigenvalue weighted by atomic mass is 10.0. The van der Waals surface area contributed by atoms with Crippen molar-refractivity contribution in [3.63, 3.8) is 0 Å². The van der Waals surface area contributed by atoms with Gasteiger partial charge in [0, 0.05) is 19.7 Å². The Hall–Kier alpha value is -1.30. The number of nitrogens with one attached hydrogen (secondary N) is 1. The van der Waals surface area contributed by atoms with Gasteiger partial charge in [-0.05, 0) is 25.7 Å². The number of ether oxygens (including phenoxy) is 2. The lowest BCUT2D eigenvalue weighted by Gasteiger charge is -2.33. The molecule has 0 saturated carbocycles. The zero-order valence-electron chi connectivity index (χ0n) is 13.0. The third-order valence-electron chi connectivity index (χ3n) is 3.92. The number of rotatable bonds is 5. The predicted octanol–water partition coefficient (Wildman–Crippen LogP) is 1.39. The second kappa shape index (κ2) is 7.47. The molecule has 6 heteroatoms. The standard InChI is InChI=1S/C14H26N2O4/c1-9(2)11-7-6-8-16(11)13(17)12(10(3)19-4)15-14(18)20-5/h9-12H,6-8H2,1-5H3,(H,15,18)/t10-,11+,12+/m1/s1. The molecule has 0 bridgehead atoms. The lowest BCUT2D eigenvalue weighted by Crippen LogP contribution is -2.55. The Morgan fingerprint density at radius 1 is 1.25 bits per heavy atom. The number of carbonyl (C=O) groups is 2. The molecular formula is C14H26N2O4. The summed E-state index contributed by atoms with van der Waals surface area (Å²) in [6, 6.07) is -0.486. The maximum absolute atomic E-state index is 12.7. The first kappa shape index (κ1) is 16.8. The van der Waals surface area contributed by atoms with Crippen molar-refractivity contribution in [3.8, 4) is 0 Å². The van der Waals surface area contributed by atoms with E-state index in [0.29, 0.717) is 5.92 Å². The van der Waals surface area contributed by atoms with Crippen LogP contribution in [0, 0.1) is 5.92 Å². The zero-order valence-corrected chi connectivity index (χ0v) is 13.0. The summed E-state index contributed by atoms with van der Waals surface area (Å²) in [5, 5.41) is 2.58. The summed E-state index contributed by atoms with van der Waals surface area (Å²) in [5.41, 5.74) is 0. The first-order valence-corrected chi connectivity index (χ1v) is 7.10. The number of alkyl carbamates (subject to hydrolysis) is 1. The molecule has 2 amide bonds. The van der Waals surface area contributed by atoms with Crippen LogP contribution in [0.3, 0.4) is 0 Å². The highest BCUT2D eigenvalue weighted by molar-refractivity contribution is 5.86. The molecule has 0 unspecified atom stereocenters. The van der Waals surface area contributed by atoms with Crippen molar-refractivity contribution in [2.24, 2.45) is 5.92 Å². The molecule has 1 aliphatic heterocycles. The van der Waals surface area contributed by atoms with Gasteiger partial charge in [0.05, 0.1) is 13.2 Å². The van der Waals surface area contributed by atoms with E-state index in [9.17, 15) is 9.59 Å². The second-order valence-electron chi connectivity index (χ2n) is 5.54. The molecule has 0 radical (unpaired) electrons. The van der Waals surface area contributed by atoms with Gasteiger partial charge in [0.25, 0.3) is 0 Å². The van der Waals surface area contributed by atoms with Crippen LogP contribution in [-0.4, -0.2) is 55.9 Å². The van der Waals surface area contributed by atoms with Crippen LogP contribution in [0.15, 0.2) is 0 Å². The van der Waals surface area contributed by atoms with E-state index < -0.39 is 18.2 Å².